The van der Waals surface area contributed by atoms with E-state index in [1.807, 2.05) is 119 Å². The Balaban J connectivity index is 0.648. The first-order valence-corrected chi connectivity index (χ1v) is 26.3. The number of carbonyl (C=O) groups is 3. The van der Waals surface area contributed by atoms with Crippen LogP contribution in [0.5, 0.6) is 11.5 Å². The van der Waals surface area contributed by atoms with E-state index >= 15 is 0 Å². The molecule has 2 atom stereocenters. The van der Waals surface area contributed by atoms with E-state index in [1.54, 1.807) is 12.1 Å². The normalized spacial score (nSPS) is 16.5. The summed E-state index contributed by atoms with van der Waals surface area (Å²) in [6.07, 6.45) is 3.53. The number of aliphatic hydroxyl groups excluding tert-OH is 1. The minimum Gasteiger partial charge on any atom is -0.506 e. The average molecular weight is 1010 g/mol. The maximum Gasteiger partial charge on any atom is 0.317 e. The van der Waals surface area contributed by atoms with E-state index in [0.717, 1.165) is 67.6 Å². The SMILES string of the molecule is O=C(OCC1CCN(Cc2ccccc2)CC1)C(c1ccccc1)c1cccc(OCc2ccc(C(=O)N3CC4(CCN(C(=O)c5ccc(CCNCC(O)c6ccc(O)c7[nH]c(=O)ccc67)cc5)CC4)C3)cc2)c1. The Labute approximate surface area is 437 Å². The van der Waals surface area contributed by atoms with Gasteiger partial charge in [-0.2, -0.15) is 0 Å². The third-order valence-corrected chi connectivity index (χ3v) is 15.4. The van der Waals surface area contributed by atoms with E-state index in [-0.39, 0.29) is 41.1 Å². The number of aromatic nitrogens is 1. The van der Waals surface area contributed by atoms with Crippen molar-refractivity contribution in [3.05, 3.63) is 213 Å². The van der Waals surface area contributed by atoms with Gasteiger partial charge in [0, 0.05) is 67.3 Å². The summed E-state index contributed by atoms with van der Waals surface area (Å²) in [5, 5.41) is 24.9. The molecule has 7 aromatic rings. The maximum atomic E-state index is 13.9. The van der Waals surface area contributed by atoms with Crippen LogP contribution in [0.25, 0.3) is 10.9 Å². The standard InChI is InChI=1S/C62H65N5O8/c68-54-24-22-52(53-23-25-56(70)64-58(53)54)55(69)37-63-31-26-43-14-18-48(19-15-43)59(71)66-34-29-62(30-35-66)41-67(42-62)60(72)49-20-16-45(17-21-49)39-74-51-13-7-12-50(36-51)57(47-10-5-2-6-11-47)61(73)75-40-46-27-32-65(33-28-46)38-44-8-3-1-4-9-44/h1-25,36,46,55,57,63,68-69H,26-35,37-42H2,(H,64,70). The molecule has 13 heteroatoms. The minimum atomic E-state index is -0.842. The van der Waals surface area contributed by atoms with Crippen molar-refractivity contribution in [3.8, 4) is 11.5 Å². The number of aromatic hydroxyl groups is 1. The van der Waals surface area contributed by atoms with E-state index in [9.17, 15) is 29.4 Å². The molecule has 0 saturated carbocycles. The molecule has 4 N–H and O–H groups in total. The van der Waals surface area contributed by atoms with Crippen molar-refractivity contribution in [2.45, 2.75) is 57.3 Å². The first-order valence-electron chi connectivity index (χ1n) is 26.3. The Hall–Kier alpha value is -7.58. The quantitative estimate of drug-likeness (QED) is 0.0483. The molecule has 3 saturated heterocycles. The van der Waals surface area contributed by atoms with Crippen molar-refractivity contribution < 1.29 is 34.1 Å². The number of hydrogen-bond acceptors (Lipinski definition) is 10. The summed E-state index contributed by atoms with van der Waals surface area (Å²) in [7, 11) is 0. The number of benzene rings is 6. The predicted octanol–water partition coefficient (Wildman–Crippen LogP) is 8.64. The molecule has 3 aliphatic heterocycles. The number of rotatable bonds is 18. The van der Waals surface area contributed by atoms with E-state index in [1.165, 1.54) is 17.7 Å². The molecule has 13 nitrogen and oxygen atoms in total. The van der Waals surface area contributed by atoms with Gasteiger partial charge in [-0.1, -0.05) is 103 Å². The highest BCUT2D eigenvalue weighted by atomic mass is 16.5. The Morgan fingerprint density at radius 3 is 2.05 bits per heavy atom. The number of H-pyrrole nitrogens is 1. The first kappa shape index (κ1) is 50.9. The van der Waals surface area contributed by atoms with Gasteiger partial charge in [0.2, 0.25) is 5.56 Å². The highest BCUT2D eigenvalue weighted by Gasteiger charge is 2.47. The van der Waals surface area contributed by atoms with Crippen molar-refractivity contribution in [2.24, 2.45) is 11.3 Å². The molecule has 10 rings (SSSR count). The van der Waals surface area contributed by atoms with Gasteiger partial charge in [0.1, 0.15) is 24.0 Å². The van der Waals surface area contributed by atoms with Crippen LogP contribution in [-0.2, 0) is 29.1 Å². The lowest BCUT2D eigenvalue weighted by Gasteiger charge is -2.54. The molecule has 6 aromatic carbocycles. The molecule has 0 aliphatic carbocycles. The number of phenols is 1. The van der Waals surface area contributed by atoms with Crippen molar-refractivity contribution in [3.63, 3.8) is 0 Å². The van der Waals surface area contributed by atoms with Gasteiger partial charge in [-0.05, 0) is 140 Å². The summed E-state index contributed by atoms with van der Waals surface area (Å²) < 4.78 is 12.3. The van der Waals surface area contributed by atoms with Gasteiger partial charge < -0.3 is 39.8 Å². The summed E-state index contributed by atoms with van der Waals surface area (Å²) in [6.45, 7) is 7.14. The van der Waals surface area contributed by atoms with Crippen LogP contribution in [-0.4, -0.2) is 107 Å². The van der Waals surface area contributed by atoms with Crippen LogP contribution in [0.4, 0.5) is 0 Å². The molecule has 1 aromatic heterocycles. The van der Waals surface area contributed by atoms with E-state index in [2.05, 4.69) is 39.5 Å². The summed E-state index contributed by atoms with van der Waals surface area (Å²) in [5.41, 5.74) is 6.85. The lowest BCUT2D eigenvalue weighted by Crippen LogP contribution is -2.62. The number of hydrogen-bond donors (Lipinski definition) is 4. The van der Waals surface area contributed by atoms with Crippen molar-refractivity contribution >= 4 is 28.7 Å². The van der Waals surface area contributed by atoms with Crippen molar-refractivity contribution in [1.29, 1.82) is 0 Å². The number of likely N-dealkylation sites (tertiary alicyclic amines) is 3. The Morgan fingerprint density at radius 1 is 0.693 bits per heavy atom. The zero-order valence-electron chi connectivity index (χ0n) is 42.2. The van der Waals surface area contributed by atoms with Gasteiger partial charge in [-0.3, -0.25) is 24.1 Å². The van der Waals surface area contributed by atoms with Gasteiger partial charge in [0.25, 0.3) is 11.8 Å². The molecule has 2 amide bonds. The fourth-order valence-electron chi connectivity index (χ4n) is 11.0. The molecule has 75 heavy (non-hydrogen) atoms. The minimum absolute atomic E-state index is 0.00252. The maximum absolute atomic E-state index is 13.9. The Bertz CT molecular complexity index is 3120. The van der Waals surface area contributed by atoms with Crippen LogP contribution >= 0.6 is 0 Å². The molecule has 3 aliphatic rings. The largest absolute Gasteiger partial charge is 0.506 e. The zero-order chi connectivity index (χ0) is 51.7. The van der Waals surface area contributed by atoms with Gasteiger partial charge in [-0.25, -0.2) is 0 Å². The Kier molecular flexibility index (Phi) is 15.8. The monoisotopic (exact) mass is 1010 g/mol. The summed E-state index contributed by atoms with van der Waals surface area (Å²) in [4.78, 5) is 61.7. The number of pyridine rings is 1. The molecule has 386 valence electrons. The summed E-state index contributed by atoms with van der Waals surface area (Å²) in [5.74, 6) is 0.0805. The molecule has 1 spiro atoms. The second-order valence-corrected chi connectivity index (χ2v) is 20.6. The third-order valence-electron chi connectivity index (χ3n) is 15.4. The Morgan fingerprint density at radius 2 is 1.35 bits per heavy atom. The van der Waals surface area contributed by atoms with Crippen LogP contribution in [0.3, 0.4) is 0 Å². The summed E-state index contributed by atoms with van der Waals surface area (Å²) >= 11 is 0. The first-order chi connectivity index (χ1) is 36.6. The van der Waals surface area contributed by atoms with Crippen LogP contribution in [0.1, 0.15) is 91.8 Å². The number of amides is 2. The molecule has 3 fully saturated rings. The average Bonchev–Trinajstić information content (AvgIpc) is 3.43. The molecule has 0 bridgehead atoms. The highest BCUT2D eigenvalue weighted by molar-refractivity contribution is 5.95. The second-order valence-electron chi connectivity index (χ2n) is 20.6. The lowest BCUT2D eigenvalue weighted by atomic mass is 9.71. The topological polar surface area (TPSA) is 165 Å². The zero-order valence-corrected chi connectivity index (χ0v) is 42.2. The number of carbonyl (C=O) groups excluding carboxylic acids is 3. The third kappa shape index (κ3) is 12.3. The van der Waals surface area contributed by atoms with Gasteiger partial charge in [0.05, 0.1) is 18.2 Å². The number of nitrogens with zero attached hydrogens (tertiary/aromatic N) is 3. The van der Waals surface area contributed by atoms with Crippen LogP contribution in [0, 0.1) is 11.3 Å². The van der Waals surface area contributed by atoms with E-state index < -0.39 is 12.0 Å². The van der Waals surface area contributed by atoms with Crippen LogP contribution in [0.2, 0.25) is 0 Å². The number of esters is 1. The highest BCUT2D eigenvalue weighted by Crippen LogP contribution is 2.41. The molecular formula is C62H65N5O8. The fourth-order valence-corrected chi connectivity index (χ4v) is 11.0. The number of nitrogens with one attached hydrogen (secondary N) is 2. The van der Waals surface area contributed by atoms with Crippen molar-refractivity contribution in [1.82, 2.24) is 25.0 Å². The van der Waals surface area contributed by atoms with E-state index in [0.29, 0.717) is 91.6 Å². The predicted molar refractivity (Wildman–Crippen MR) is 289 cm³/mol. The lowest BCUT2D eigenvalue weighted by molar-refractivity contribution is -0.146. The van der Waals surface area contributed by atoms with Crippen molar-refractivity contribution in [2.75, 3.05) is 59.0 Å². The van der Waals surface area contributed by atoms with E-state index in [4.69, 9.17) is 9.47 Å². The number of phenolic OH excluding ortho intramolecular Hbond substituents is 1. The molecule has 2 unspecified atom stereocenters. The fraction of sp³-hybridized carbons (Fsp3) is 0.323. The number of aromatic amines is 1. The number of aliphatic hydroxyl groups is 1. The second kappa shape index (κ2) is 23.3. The van der Waals surface area contributed by atoms with Crippen LogP contribution in [0.15, 0.2) is 163 Å². The molecule has 4 heterocycles. The number of piperidine rings is 2. The number of ether oxygens (including phenoxy) is 2. The summed E-state index contributed by atoms with van der Waals surface area (Å²) in [6, 6.07) is 49.3. The molecule has 0 radical (unpaired) electrons. The number of fused-ring (bicyclic) bond motifs is 1. The smallest absolute Gasteiger partial charge is 0.317 e. The van der Waals surface area contributed by atoms with Gasteiger partial charge in [-0.15, -0.1) is 0 Å². The van der Waals surface area contributed by atoms with Gasteiger partial charge >= 0.3 is 5.97 Å². The van der Waals surface area contributed by atoms with Crippen LogP contribution < -0.4 is 15.6 Å². The molecular weight excluding hydrogens is 943 g/mol. The van der Waals surface area contributed by atoms with Gasteiger partial charge in [0.15, 0.2) is 0 Å².